The van der Waals surface area contributed by atoms with Gasteiger partial charge in [-0.25, -0.2) is 0 Å². The summed E-state index contributed by atoms with van der Waals surface area (Å²) in [5.74, 6) is 0. The Labute approximate surface area is 343 Å². The molecule has 0 heterocycles. The largest absolute Gasteiger partial charge is 0.0725 e. The van der Waals surface area contributed by atoms with Gasteiger partial charge in [0.1, 0.15) is 0 Å². The van der Waals surface area contributed by atoms with Crippen LogP contribution in [0.1, 0.15) is 22.3 Å². The lowest BCUT2D eigenvalue weighted by Gasteiger charge is -2.40. The molecule has 59 heavy (non-hydrogen) atoms. The number of benzene rings is 11. The fourth-order valence-corrected chi connectivity index (χ4v) is 11.0. The first kappa shape index (κ1) is 32.5. The Morgan fingerprint density at radius 2 is 0.678 bits per heavy atom. The molecule has 0 nitrogen and oxygen atoms in total. The summed E-state index contributed by atoms with van der Waals surface area (Å²) in [4.78, 5) is 0. The summed E-state index contributed by atoms with van der Waals surface area (Å²) >= 11 is 0. The van der Waals surface area contributed by atoms with Crippen LogP contribution < -0.4 is 0 Å². The highest BCUT2D eigenvalue weighted by molar-refractivity contribution is 6.24. The molecule has 0 amide bonds. The van der Waals surface area contributed by atoms with Crippen LogP contribution in [0.2, 0.25) is 0 Å². The van der Waals surface area contributed by atoms with Gasteiger partial charge in [-0.3, -0.25) is 0 Å². The Morgan fingerprint density at radius 3 is 1.36 bits per heavy atom. The molecule has 0 aliphatic heterocycles. The second-order valence-electron chi connectivity index (χ2n) is 16.3. The van der Waals surface area contributed by atoms with Crippen LogP contribution in [0.4, 0.5) is 0 Å². The van der Waals surface area contributed by atoms with Gasteiger partial charge in [0.25, 0.3) is 0 Å². The van der Waals surface area contributed by atoms with E-state index in [-0.39, 0.29) is 0 Å². The van der Waals surface area contributed by atoms with Gasteiger partial charge < -0.3 is 0 Å². The van der Waals surface area contributed by atoms with Gasteiger partial charge in [-0.2, -0.15) is 0 Å². The lowest BCUT2D eigenvalue weighted by atomic mass is 9.61. The lowest BCUT2D eigenvalue weighted by molar-refractivity contribution is 0.773. The molecular formula is C59H36. The monoisotopic (exact) mass is 744 g/mol. The fraction of sp³-hybridized carbons (Fsp3) is 0.0169. The van der Waals surface area contributed by atoms with E-state index in [4.69, 9.17) is 0 Å². The third-order valence-electron chi connectivity index (χ3n) is 13.5. The summed E-state index contributed by atoms with van der Waals surface area (Å²) in [6.45, 7) is 0. The van der Waals surface area contributed by atoms with Gasteiger partial charge >= 0.3 is 0 Å². The predicted octanol–water partition coefficient (Wildman–Crippen LogP) is 15.6. The predicted molar refractivity (Wildman–Crippen MR) is 249 cm³/mol. The van der Waals surface area contributed by atoms with Gasteiger partial charge in [0, 0.05) is 0 Å². The summed E-state index contributed by atoms with van der Waals surface area (Å²) < 4.78 is 0. The molecule has 0 aromatic heterocycles. The molecule has 11 aromatic carbocycles. The van der Waals surface area contributed by atoms with E-state index in [0.717, 1.165) is 0 Å². The van der Waals surface area contributed by atoms with Crippen LogP contribution in [0.3, 0.4) is 0 Å². The topological polar surface area (TPSA) is 0 Å². The molecule has 0 N–H and O–H groups in total. The highest BCUT2D eigenvalue weighted by atomic mass is 14.5. The van der Waals surface area contributed by atoms with E-state index in [1.54, 1.807) is 0 Å². The smallest absolute Gasteiger partial charge is 0.0622 e. The van der Waals surface area contributed by atoms with Crippen molar-refractivity contribution in [3.05, 3.63) is 241 Å². The molecule has 11 aromatic rings. The molecule has 0 saturated heterocycles. The first-order chi connectivity index (χ1) is 29.3. The maximum Gasteiger partial charge on any atom is 0.0725 e. The second kappa shape index (κ2) is 12.2. The van der Waals surface area contributed by atoms with Crippen LogP contribution in [0.5, 0.6) is 0 Å². The molecule has 0 fully saturated rings. The molecule has 13 rings (SSSR count). The van der Waals surface area contributed by atoms with E-state index >= 15 is 0 Å². The normalized spacial score (nSPS) is 14.8. The lowest BCUT2D eigenvalue weighted by Crippen LogP contribution is -2.31. The summed E-state index contributed by atoms with van der Waals surface area (Å²) in [6.07, 6.45) is 0. The van der Waals surface area contributed by atoms with Gasteiger partial charge in [-0.05, 0) is 139 Å². The summed E-state index contributed by atoms with van der Waals surface area (Å²) in [5, 5.41) is 10.3. The van der Waals surface area contributed by atoms with Crippen LogP contribution in [-0.4, -0.2) is 0 Å². The summed E-state index contributed by atoms with van der Waals surface area (Å²) in [5.41, 5.74) is 17.7. The zero-order valence-electron chi connectivity index (χ0n) is 32.3. The number of fused-ring (bicyclic) bond motifs is 14. The van der Waals surface area contributed by atoms with Crippen LogP contribution in [0, 0.1) is 0 Å². The highest BCUT2D eigenvalue weighted by Gasteiger charge is 2.50. The van der Waals surface area contributed by atoms with Crippen molar-refractivity contribution < 1.29 is 0 Å². The first-order valence-corrected chi connectivity index (χ1v) is 20.7. The van der Waals surface area contributed by atoms with Gasteiger partial charge in [0.05, 0.1) is 5.41 Å². The van der Waals surface area contributed by atoms with Crippen molar-refractivity contribution in [2.45, 2.75) is 5.41 Å². The highest BCUT2D eigenvalue weighted by Crippen LogP contribution is 2.62. The zero-order valence-corrected chi connectivity index (χ0v) is 32.3. The van der Waals surface area contributed by atoms with E-state index in [1.165, 1.54) is 121 Å². The molecule has 0 saturated carbocycles. The zero-order chi connectivity index (χ0) is 38.7. The summed E-state index contributed by atoms with van der Waals surface area (Å²) in [6, 6.07) is 81.9. The number of hydrogen-bond donors (Lipinski definition) is 0. The van der Waals surface area contributed by atoms with Gasteiger partial charge in [0.15, 0.2) is 0 Å². The standard InChI is InChI=1S/C59H36/c1-2-14-37(15-3-1)38-28-30-39(31-29-38)49-35-51-45-21-7-5-19-43(45)50(36-52(51)44-20-6-4-18-42(44)49)41-32-33-56-53(34-41)47-23-9-11-26-55(47)59(56)54-25-10-8-22-46(54)48-24-12-16-40-17-13-27-57(59)58(40)48/h1-36H. The maximum absolute atomic E-state index is 2.49. The molecule has 2 aliphatic rings. The van der Waals surface area contributed by atoms with Crippen molar-refractivity contribution in [2.24, 2.45) is 0 Å². The maximum atomic E-state index is 2.49. The second-order valence-corrected chi connectivity index (χ2v) is 16.3. The minimum Gasteiger partial charge on any atom is -0.0622 e. The molecule has 0 bridgehead atoms. The molecule has 0 heteroatoms. The minimum atomic E-state index is -0.424. The first-order valence-electron chi connectivity index (χ1n) is 20.7. The summed E-state index contributed by atoms with van der Waals surface area (Å²) in [7, 11) is 0. The average Bonchev–Trinajstić information content (AvgIpc) is 3.60. The van der Waals surface area contributed by atoms with Crippen molar-refractivity contribution in [3.63, 3.8) is 0 Å². The minimum absolute atomic E-state index is 0.424. The van der Waals surface area contributed by atoms with Crippen LogP contribution in [0.25, 0.3) is 98.7 Å². The van der Waals surface area contributed by atoms with Gasteiger partial charge in [0.2, 0.25) is 0 Å². The Morgan fingerprint density at radius 1 is 0.220 bits per heavy atom. The van der Waals surface area contributed by atoms with Crippen molar-refractivity contribution in [1.82, 2.24) is 0 Å². The van der Waals surface area contributed by atoms with E-state index < -0.39 is 5.41 Å². The van der Waals surface area contributed by atoms with E-state index in [9.17, 15) is 0 Å². The molecule has 0 radical (unpaired) electrons. The van der Waals surface area contributed by atoms with Crippen molar-refractivity contribution in [2.75, 3.05) is 0 Å². The van der Waals surface area contributed by atoms with Crippen LogP contribution in [0.15, 0.2) is 218 Å². The molecule has 272 valence electrons. The van der Waals surface area contributed by atoms with E-state index in [2.05, 4.69) is 218 Å². The van der Waals surface area contributed by atoms with Crippen LogP contribution >= 0.6 is 0 Å². The molecular weight excluding hydrogens is 709 g/mol. The van der Waals surface area contributed by atoms with Crippen molar-refractivity contribution in [3.8, 4) is 55.6 Å². The van der Waals surface area contributed by atoms with Gasteiger partial charge in [-0.1, -0.05) is 200 Å². The molecule has 1 spiro atoms. The van der Waals surface area contributed by atoms with E-state index in [1.807, 2.05) is 0 Å². The molecule has 1 atom stereocenters. The SMILES string of the molecule is c1ccc(-c2ccc(-c3cc4c5ccccc5c(-c5ccc6c(c5)-c5ccccc5C65c6ccccc6-c6cccc7cccc5c67)cc4c4ccccc34)cc2)cc1. The molecule has 2 aliphatic carbocycles. The third-order valence-corrected chi connectivity index (χ3v) is 13.5. The average molecular weight is 745 g/mol. The fourth-order valence-electron chi connectivity index (χ4n) is 11.0. The van der Waals surface area contributed by atoms with Crippen molar-refractivity contribution >= 4 is 43.1 Å². The number of hydrogen-bond acceptors (Lipinski definition) is 0. The van der Waals surface area contributed by atoms with Crippen LogP contribution in [-0.2, 0) is 5.41 Å². The molecule has 1 unspecified atom stereocenters. The quantitative estimate of drug-likeness (QED) is 0.158. The third kappa shape index (κ3) is 4.43. The number of rotatable bonds is 3. The Bertz CT molecular complexity index is 3530. The Kier molecular flexibility index (Phi) is 6.74. The Hall–Kier alpha value is -7.54. The van der Waals surface area contributed by atoms with Crippen molar-refractivity contribution in [1.29, 1.82) is 0 Å². The van der Waals surface area contributed by atoms with E-state index in [0.29, 0.717) is 0 Å². The van der Waals surface area contributed by atoms with Gasteiger partial charge in [-0.15, -0.1) is 0 Å². The Balaban J connectivity index is 1.05.